The summed E-state index contributed by atoms with van der Waals surface area (Å²) in [5.74, 6) is 0.766. The summed E-state index contributed by atoms with van der Waals surface area (Å²) < 4.78 is 10.4. The Bertz CT molecular complexity index is 718. The number of hydrogen-bond donors (Lipinski definition) is 1. The van der Waals surface area contributed by atoms with Gasteiger partial charge < -0.3 is 4.74 Å². The highest BCUT2D eigenvalue weighted by molar-refractivity contribution is 8.02. The molecule has 1 aromatic heterocycles. The Morgan fingerprint density at radius 2 is 2.19 bits per heavy atom. The Kier molecular flexibility index (Phi) is 4.42. The zero-order chi connectivity index (χ0) is 14.8. The molecule has 0 N–H and O–H groups in total. The van der Waals surface area contributed by atoms with Crippen molar-refractivity contribution in [2.24, 2.45) is 0 Å². The second-order valence-corrected chi connectivity index (χ2v) is 6.78. The van der Waals surface area contributed by atoms with E-state index in [-0.39, 0.29) is 0 Å². The van der Waals surface area contributed by atoms with Gasteiger partial charge in [0.25, 0.3) is 0 Å². The molecule has 0 aliphatic heterocycles. The van der Waals surface area contributed by atoms with Crippen LogP contribution in [0.2, 0.25) is 0 Å². The number of nitrogens with zero attached hydrogens (tertiary/aromatic N) is 1. The lowest BCUT2D eigenvalue weighted by Gasteiger charge is -2.20. The third-order valence-electron chi connectivity index (χ3n) is 3.38. The van der Waals surface area contributed by atoms with Crippen LogP contribution in [0, 0.1) is 0 Å². The second-order valence-electron chi connectivity index (χ2n) is 4.72. The number of fused-ring (bicyclic) bond motifs is 1. The van der Waals surface area contributed by atoms with Gasteiger partial charge in [0.1, 0.15) is 5.75 Å². The van der Waals surface area contributed by atoms with E-state index in [0.717, 1.165) is 39.7 Å². The van der Waals surface area contributed by atoms with Crippen molar-refractivity contribution < 1.29 is 4.74 Å². The quantitative estimate of drug-likeness (QED) is 0.628. The molecule has 0 bridgehead atoms. The third kappa shape index (κ3) is 2.91. The van der Waals surface area contributed by atoms with Crippen molar-refractivity contribution in [1.29, 1.82) is 0 Å². The standard InChI is InChI=1S/C16H15NOS3/c1-10-7-8-11-9-17-21-15(11)14(10)16(20-2)18-12-5-3-4-6-13(12)19/h3-6,9,19H,1,7-8H2,2H3/b16-14+. The number of para-hydroxylation sites is 1. The van der Waals surface area contributed by atoms with Crippen molar-refractivity contribution >= 4 is 41.5 Å². The van der Waals surface area contributed by atoms with E-state index in [0.29, 0.717) is 0 Å². The molecule has 3 rings (SSSR count). The summed E-state index contributed by atoms with van der Waals surface area (Å²) in [6.45, 7) is 4.22. The maximum absolute atomic E-state index is 6.11. The van der Waals surface area contributed by atoms with Crippen LogP contribution in [0.1, 0.15) is 16.9 Å². The average Bonchev–Trinajstić information content (AvgIpc) is 2.95. The minimum absolute atomic E-state index is 0.766. The van der Waals surface area contributed by atoms with Crippen molar-refractivity contribution in [3.63, 3.8) is 0 Å². The van der Waals surface area contributed by atoms with E-state index in [2.05, 4.69) is 23.6 Å². The van der Waals surface area contributed by atoms with Crippen LogP contribution < -0.4 is 4.74 Å². The molecule has 0 radical (unpaired) electrons. The zero-order valence-corrected chi connectivity index (χ0v) is 14.2. The van der Waals surface area contributed by atoms with Gasteiger partial charge in [-0.1, -0.05) is 30.5 Å². The van der Waals surface area contributed by atoms with Gasteiger partial charge in [0.2, 0.25) is 0 Å². The molecule has 1 aliphatic rings. The molecule has 0 fully saturated rings. The summed E-state index contributed by atoms with van der Waals surface area (Å²) in [4.78, 5) is 2.02. The van der Waals surface area contributed by atoms with Crippen LogP contribution >= 0.6 is 35.9 Å². The van der Waals surface area contributed by atoms with Crippen molar-refractivity contribution in [3.05, 3.63) is 58.1 Å². The predicted molar refractivity (Wildman–Crippen MR) is 94.3 cm³/mol. The second kappa shape index (κ2) is 6.30. The SMILES string of the molecule is C=C1CCc2cnsc2/C1=C(\Oc1ccccc1S)SC. The number of rotatable bonds is 3. The van der Waals surface area contributed by atoms with E-state index in [4.69, 9.17) is 4.74 Å². The molecule has 0 unspecified atom stereocenters. The number of aromatic nitrogens is 1. The van der Waals surface area contributed by atoms with Gasteiger partial charge >= 0.3 is 0 Å². The van der Waals surface area contributed by atoms with Crippen molar-refractivity contribution in [1.82, 2.24) is 4.37 Å². The van der Waals surface area contributed by atoms with Gasteiger partial charge in [-0.3, -0.25) is 0 Å². The number of hydrogen-bond acceptors (Lipinski definition) is 5. The molecule has 0 saturated carbocycles. The number of benzene rings is 1. The fourth-order valence-corrected chi connectivity index (χ4v) is 4.07. The number of aryl methyl sites for hydroxylation is 1. The first-order valence-electron chi connectivity index (χ1n) is 6.57. The first-order chi connectivity index (χ1) is 10.2. The summed E-state index contributed by atoms with van der Waals surface area (Å²) in [5, 5.41) is 0.867. The van der Waals surface area contributed by atoms with E-state index in [1.807, 2.05) is 36.7 Å². The molecular weight excluding hydrogens is 318 g/mol. The minimum Gasteiger partial charge on any atom is -0.449 e. The summed E-state index contributed by atoms with van der Waals surface area (Å²) in [6.07, 6.45) is 5.94. The Hall–Kier alpha value is -1.17. The maximum atomic E-state index is 6.11. The van der Waals surface area contributed by atoms with Gasteiger partial charge in [0, 0.05) is 16.7 Å². The van der Waals surface area contributed by atoms with Gasteiger partial charge in [0.15, 0.2) is 5.09 Å². The lowest BCUT2D eigenvalue weighted by Crippen LogP contribution is -2.05. The fourth-order valence-electron chi connectivity index (χ4n) is 2.29. The van der Waals surface area contributed by atoms with Crippen LogP contribution in [-0.2, 0) is 6.42 Å². The molecule has 21 heavy (non-hydrogen) atoms. The minimum atomic E-state index is 0.766. The lowest BCUT2D eigenvalue weighted by atomic mass is 9.92. The Balaban J connectivity index is 2.06. The van der Waals surface area contributed by atoms with Crippen LogP contribution in [0.15, 0.2) is 52.6 Å². The normalized spacial score (nSPS) is 16.6. The molecule has 0 saturated heterocycles. The van der Waals surface area contributed by atoms with E-state index in [1.54, 1.807) is 11.8 Å². The Labute approximate surface area is 138 Å². The van der Waals surface area contributed by atoms with Gasteiger partial charge in [-0.05, 0) is 53.9 Å². The average molecular weight is 334 g/mol. The molecule has 1 heterocycles. The monoisotopic (exact) mass is 333 g/mol. The van der Waals surface area contributed by atoms with E-state index in [1.165, 1.54) is 22.0 Å². The van der Waals surface area contributed by atoms with E-state index < -0.39 is 0 Å². The number of thiol groups is 1. The largest absolute Gasteiger partial charge is 0.449 e. The van der Waals surface area contributed by atoms with Crippen LogP contribution in [0.3, 0.4) is 0 Å². The highest BCUT2D eigenvalue weighted by Crippen LogP contribution is 2.42. The van der Waals surface area contributed by atoms with Crippen molar-refractivity contribution in [2.45, 2.75) is 17.7 Å². The highest BCUT2D eigenvalue weighted by atomic mass is 32.2. The molecule has 0 atom stereocenters. The highest BCUT2D eigenvalue weighted by Gasteiger charge is 2.24. The van der Waals surface area contributed by atoms with Crippen molar-refractivity contribution in [2.75, 3.05) is 6.26 Å². The van der Waals surface area contributed by atoms with Gasteiger partial charge in [-0.15, -0.1) is 12.6 Å². The molecule has 2 nitrogen and oxygen atoms in total. The van der Waals surface area contributed by atoms with Crippen LogP contribution in [0.4, 0.5) is 0 Å². The molecule has 1 aliphatic carbocycles. The molecule has 1 aromatic carbocycles. The predicted octanol–water partition coefficient (Wildman–Crippen LogP) is 5.04. The maximum Gasteiger partial charge on any atom is 0.169 e. The van der Waals surface area contributed by atoms with E-state index in [9.17, 15) is 0 Å². The molecule has 2 aromatic rings. The first kappa shape index (κ1) is 14.8. The van der Waals surface area contributed by atoms with Gasteiger partial charge in [0.05, 0.1) is 4.88 Å². The molecule has 108 valence electrons. The topological polar surface area (TPSA) is 22.1 Å². The summed E-state index contributed by atoms with van der Waals surface area (Å²) >= 11 is 7.56. The molecule has 0 spiro atoms. The fraction of sp³-hybridized carbons (Fsp3) is 0.188. The number of allylic oxidation sites excluding steroid dienone is 2. The third-order valence-corrected chi connectivity index (χ3v) is 5.27. The Morgan fingerprint density at radius 1 is 1.38 bits per heavy atom. The Morgan fingerprint density at radius 3 is 2.95 bits per heavy atom. The summed E-state index contributed by atoms with van der Waals surface area (Å²) in [6, 6.07) is 7.75. The van der Waals surface area contributed by atoms with Gasteiger partial charge in [-0.2, -0.15) is 0 Å². The van der Waals surface area contributed by atoms with Crippen LogP contribution in [0.5, 0.6) is 5.75 Å². The summed E-state index contributed by atoms with van der Waals surface area (Å²) in [7, 11) is 0. The smallest absolute Gasteiger partial charge is 0.169 e. The number of thioether (sulfide) groups is 1. The molecular formula is C16H15NOS3. The summed E-state index contributed by atoms with van der Waals surface area (Å²) in [5.41, 5.74) is 3.51. The first-order valence-corrected chi connectivity index (χ1v) is 9.01. The zero-order valence-electron chi connectivity index (χ0n) is 11.6. The van der Waals surface area contributed by atoms with Crippen LogP contribution in [-0.4, -0.2) is 10.6 Å². The van der Waals surface area contributed by atoms with Gasteiger partial charge in [-0.25, -0.2) is 4.37 Å². The lowest BCUT2D eigenvalue weighted by molar-refractivity contribution is 0.457. The number of ether oxygens (including phenoxy) is 1. The van der Waals surface area contributed by atoms with E-state index >= 15 is 0 Å². The molecule has 0 amide bonds. The van der Waals surface area contributed by atoms with Crippen molar-refractivity contribution in [3.8, 4) is 5.75 Å². The van der Waals surface area contributed by atoms with Crippen LogP contribution in [0.25, 0.3) is 5.57 Å². The molecule has 5 heteroatoms.